The van der Waals surface area contributed by atoms with Crippen molar-refractivity contribution in [3.8, 4) is 11.3 Å². The van der Waals surface area contributed by atoms with Gasteiger partial charge < -0.3 is 9.88 Å². The summed E-state index contributed by atoms with van der Waals surface area (Å²) in [6, 6.07) is 9.88. The molecule has 3 rings (SSSR count). The van der Waals surface area contributed by atoms with Gasteiger partial charge in [-0.05, 0) is 0 Å². The lowest BCUT2D eigenvalue weighted by Gasteiger charge is -2.06. The van der Waals surface area contributed by atoms with Crippen LogP contribution >= 0.6 is 23.1 Å². The van der Waals surface area contributed by atoms with Gasteiger partial charge in [0.2, 0.25) is 5.91 Å². The number of aromatic nitrogens is 4. The smallest absolute Gasteiger partial charge is 0.236 e. The summed E-state index contributed by atoms with van der Waals surface area (Å²) in [6.45, 7) is 6.42. The van der Waals surface area contributed by atoms with E-state index in [1.54, 1.807) is 6.08 Å². The number of nitrogens with zero attached hydrogens (tertiary/aromatic N) is 4. The van der Waals surface area contributed by atoms with E-state index in [9.17, 15) is 4.79 Å². The van der Waals surface area contributed by atoms with Crippen LogP contribution in [0.5, 0.6) is 0 Å². The molecule has 0 saturated heterocycles. The van der Waals surface area contributed by atoms with Crippen molar-refractivity contribution < 1.29 is 4.79 Å². The fraction of sp³-hybridized carbons (Fsp3) is 0.222. The fourth-order valence-electron chi connectivity index (χ4n) is 2.36. The number of amides is 1. The minimum absolute atomic E-state index is 0.116. The number of rotatable bonds is 8. The molecule has 6 nitrogen and oxygen atoms in total. The van der Waals surface area contributed by atoms with Gasteiger partial charge in [-0.1, -0.05) is 55.1 Å². The average Bonchev–Trinajstić information content (AvgIpc) is 3.28. The first-order valence-corrected chi connectivity index (χ1v) is 10.0. The van der Waals surface area contributed by atoms with E-state index in [1.807, 2.05) is 47.2 Å². The Balaban J connectivity index is 1.59. The van der Waals surface area contributed by atoms with Crippen LogP contribution in [0, 0.1) is 0 Å². The van der Waals surface area contributed by atoms with Gasteiger partial charge in [-0.15, -0.1) is 28.1 Å². The Morgan fingerprint density at radius 3 is 2.88 bits per heavy atom. The third-order valence-electron chi connectivity index (χ3n) is 3.57. The van der Waals surface area contributed by atoms with Crippen molar-refractivity contribution >= 4 is 34.1 Å². The number of hydrogen-bond donors (Lipinski definition) is 1. The SMILES string of the molecule is C=CCn1c(CC)nnc1SCC(=O)Nc1nc(-c2ccccc2)cs1. The normalized spacial score (nSPS) is 10.7. The number of anilines is 1. The molecule has 0 aliphatic carbocycles. The van der Waals surface area contributed by atoms with Gasteiger partial charge in [0.15, 0.2) is 10.3 Å². The molecule has 1 N–H and O–H groups in total. The Bertz CT molecular complexity index is 888. The Morgan fingerprint density at radius 1 is 1.35 bits per heavy atom. The van der Waals surface area contributed by atoms with Crippen LogP contribution in [-0.2, 0) is 17.8 Å². The van der Waals surface area contributed by atoms with Crippen LogP contribution in [0.15, 0.2) is 53.5 Å². The van der Waals surface area contributed by atoms with Gasteiger partial charge in [0.05, 0.1) is 11.4 Å². The summed E-state index contributed by atoms with van der Waals surface area (Å²) < 4.78 is 1.97. The maximum Gasteiger partial charge on any atom is 0.236 e. The van der Waals surface area contributed by atoms with Crippen LogP contribution in [0.3, 0.4) is 0 Å². The maximum atomic E-state index is 12.2. The number of benzene rings is 1. The number of thiazole rings is 1. The second-order valence-corrected chi connectivity index (χ2v) is 7.19. The number of allylic oxidation sites excluding steroid dienone is 1. The number of thioether (sulfide) groups is 1. The van der Waals surface area contributed by atoms with Crippen molar-refractivity contribution in [1.82, 2.24) is 19.7 Å². The van der Waals surface area contributed by atoms with Crippen molar-refractivity contribution in [2.45, 2.75) is 25.0 Å². The summed E-state index contributed by atoms with van der Waals surface area (Å²) in [5, 5.41) is 14.4. The summed E-state index contributed by atoms with van der Waals surface area (Å²) in [4.78, 5) is 16.7. The number of nitrogens with one attached hydrogen (secondary N) is 1. The lowest BCUT2D eigenvalue weighted by Crippen LogP contribution is -2.14. The van der Waals surface area contributed by atoms with Gasteiger partial charge in [-0.3, -0.25) is 4.79 Å². The summed E-state index contributed by atoms with van der Waals surface area (Å²) in [6.07, 6.45) is 2.59. The van der Waals surface area contributed by atoms with E-state index in [2.05, 4.69) is 27.1 Å². The molecule has 2 aromatic heterocycles. The Hall–Kier alpha value is -2.45. The Labute approximate surface area is 160 Å². The van der Waals surface area contributed by atoms with Crippen molar-refractivity contribution in [2.75, 3.05) is 11.1 Å². The Kier molecular flexibility index (Phi) is 6.19. The molecule has 0 spiro atoms. The van der Waals surface area contributed by atoms with Gasteiger partial charge in [0.1, 0.15) is 5.82 Å². The van der Waals surface area contributed by atoms with Crippen molar-refractivity contribution in [2.24, 2.45) is 0 Å². The van der Waals surface area contributed by atoms with Gasteiger partial charge in [0.25, 0.3) is 0 Å². The highest BCUT2D eigenvalue weighted by molar-refractivity contribution is 7.99. The fourth-order valence-corrected chi connectivity index (χ4v) is 3.86. The van der Waals surface area contributed by atoms with E-state index in [0.717, 1.165) is 28.7 Å². The molecule has 134 valence electrons. The average molecular weight is 386 g/mol. The van der Waals surface area contributed by atoms with Crippen LogP contribution in [0.25, 0.3) is 11.3 Å². The molecular formula is C18H19N5OS2. The first-order chi connectivity index (χ1) is 12.7. The molecule has 1 aromatic carbocycles. The summed E-state index contributed by atoms with van der Waals surface area (Å²) in [7, 11) is 0. The van der Waals surface area contributed by atoms with Gasteiger partial charge in [-0.2, -0.15) is 0 Å². The third kappa shape index (κ3) is 4.39. The summed E-state index contributed by atoms with van der Waals surface area (Å²) >= 11 is 2.77. The topological polar surface area (TPSA) is 72.7 Å². The van der Waals surface area contributed by atoms with Gasteiger partial charge >= 0.3 is 0 Å². The van der Waals surface area contributed by atoms with Crippen molar-refractivity contribution in [1.29, 1.82) is 0 Å². The van der Waals surface area contributed by atoms with Crippen LogP contribution in [-0.4, -0.2) is 31.4 Å². The minimum atomic E-state index is -0.116. The third-order valence-corrected chi connectivity index (χ3v) is 5.30. The first-order valence-electron chi connectivity index (χ1n) is 8.17. The monoisotopic (exact) mass is 385 g/mol. The summed E-state index contributed by atoms with van der Waals surface area (Å²) in [5.74, 6) is 1.02. The molecule has 1 amide bonds. The number of aryl methyl sites for hydroxylation is 1. The molecular weight excluding hydrogens is 366 g/mol. The highest BCUT2D eigenvalue weighted by Crippen LogP contribution is 2.25. The van der Waals surface area contributed by atoms with E-state index < -0.39 is 0 Å². The zero-order valence-corrected chi connectivity index (χ0v) is 16.0. The molecule has 0 saturated carbocycles. The van der Waals surface area contributed by atoms with Crippen LogP contribution in [0.1, 0.15) is 12.7 Å². The number of carbonyl (C=O) groups excluding carboxylic acids is 1. The predicted octanol–water partition coefficient (Wildman–Crippen LogP) is 3.88. The largest absolute Gasteiger partial charge is 0.302 e. The zero-order valence-electron chi connectivity index (χ0n) is 14.4. The molecule has 26 heavy (non-hydrogen) atoms. The highest BCUT2D eigenvalue weighted by atomic mass is 32.2. The number of carbonyl (C=O) groups is 1. The molecule has 0 bridgehead atoms. The second-order valence-electron chi connectivity index (χ2n) is 5.39. The molecule has 8 heteroatoms. The van der Waals surface area contributed by atoms with E-state index in [4.69, 9.17) is 0 Å². The molecule has 0 fully saturated rings. The van der Waals surface area contributed by atoms with E-state index >= 15 is 0 Å². The van der Waals surface area contributed by atoms with E-state index in [0.29, 0.717) is 11.7 Å². The first kappa shape index (κ1) is 18.3. The minimum Gasteiger partial charge on any atom is -0.302 e. The standard InChI is InChI=1S/C18H19N5OS2/c1-3-10-23-15(4-2)21-22-18(23)26-12-16(24)20-17-19-14(11-25-17)13-8-6-5-7-9-13/h3,5-9,11H,1,4,10,12H2,2H3,(H,19,20,24). The molecule has 0 atom stereocenters. The second kappa shape index (κ2) is 8.77. The zero-order chi connectivity index (χ0) is 18.4. The predicted molar refractivity (Wildman–Crippen MR) is 107 cm³/mol. The molecule has 0 radical (unpaired) electrons. The lowest BCUT2D eigenvalue weighted by atomic mass is 10.2. The van der Waals surface area contributed by atoms with Crippen molar-refractivity contribution in [3.05, 3.63) is 54.2 Å². The quantitative estimate of drug-likeness (QED) is 0.470. The molecule has 0 aliphatic heterocycles. The van der Waals surface area contributed by atoms with Crippen LogP contribution < -0.4 is 5.32 Å². The van der Waals surface area contributed by atoms with Crippen molar-refractivity contribution in [3.63, 3.8) is 0 Å². The molecule has 3 aromatic rings. The molecule has 2 heterocycles. The lowest BCUT2D eigenvalue weighted by molar-refractivity contribution is -0.113. The summed E-state index contributed by atoms with van der Waals surface area (Å²) in [5.41, 5.74) is 1.89. The number of hydrogen-bond acceptors (Lipinski definition) is 6. The van der Waals surface area contributed by atoms with E-state index in [1.165, 1.54) is 23.1 Å². The van der Waals surface area contributed by atoms with Gasteiger partial charge in [-0.25, -0.2) is 4.98 Å². The Morgan fingerprint density at radius 2 is 2.15 bits per heavy atom. The molecule has 0 aliphatic rings. The van der Waals surface area contributed by atoms with Gasteiger partial charge in [0, 0.05) is 23.9 Å². The van der Waals surface area contributed by atoms with E-state index in [-0.39, 0.29) is 11.7 Å². The van der Waals surface area contributed by atoms with Crippen LogP contribution in [0.2, 0.25) is 0 Å². The van der Waals surface area contributed by atoms with Crippen LogP contribution in [0.4, 0.5) is 5.13 Å². The highest BCUT2D eigenvalue weighted by Gasteiger charge is 2.13. The molecule has 0 unspecified atom stereocenters. The maximum absolute atomic E-state index is 12.2.